The lowest BCUT2D eigenvalue weighted by Gasteiger charge is -2.31. The SMILES string of the molecule is COc1ccc(S(=O)(=O)N2CCC[C@@H](C(=O)NCc3cccc(CN4CCCCC4)c3)C2)cc1. The van der Waals surface area contributed by atoms with E-state index in [-0.39, 0.29) is 23.3 Å². The number of ether oxygens (including phenoxy) is 1. The van der Waals surface area contributed by atoms with Crippen LogP contribution in [0.3, 0.4) is 0 Å². The lowest BCUT2D eigenvalue weighted by atomic mass is 9.98. The van der Waals surface area contributed by atoms with Crippen molar-refractivity contribution in [3.8, 4) is 5.75 Å². The van der Waals surface area contributed by atoms with Gasteiger partial charge >= 0.3 is 0 Å². The van der Waals surface area contributed by atoms with Gasteiger partial charge in [-0.3, -0.25) is 9.69 Å². The molecule has 0 radical (unpaired) electrons. The number of nitrogens with one attached hydrogen (secondary N) is 1. The maximum atomic E-state index is 13.1. The number of carbonyl (C=O) groups is 1. The molecule has 1 amide bonds. The fourth-order valence-electron chi connectivity index (χ4n) is 4.82. The van der Waals surface area contributed by atoms with Crippen molar-refractivity contribution in [2.24, 2.45) is 5.92 Å². The molecule has 7 nitrogen and oxygen atoms in total. The molecule has 1 atom stereocenters. The number of nitrogens with zero attached hydrogens (tertiary/aromatic N) is 2. The molecule has 2 aromatic rings. The summed E-state index contributed by atoms with van der Waals surface area (Å²) in [4.78, 5) is 15.6. The van der Waals surface area contributed by atoms with Gasteiger partial charge in [0.2, 0.25) is 15.9 Å². The Morgan fingerprint density at radius 2 is 1.74 bits per heavy atom. The summed E-state index contributed by atoms with van der Waals surface area (Å²) in [5.74, 6) is 0.171. The number of amides is 1. The van der Waals surface area contributed by atoms with E-state index in [1.807, 2.05) is 12.1 Å². The summed E-state index contributed by atoms with van der Waals surface area (Å²) in [6.45, 7) is 4.33. The molecule has 2 heterocycles. The third-order valence-electron chi connectivity index (χ3n) is 6.77. The zero-order chi connectivity index (χ0) is 24.0. The summed E-state index contributed by atoms with van der Waals surface area (Å²) in [7, 11) is -2.10. The minimum Gasteiger partial charge on any atom is -0.497 e. The number of rotatable bonds is 8. The van der Waals surface area contributed by atoms with Crippen molar-refractivity contribution in [2.45, 2.75) is 50.1 Å². The molecule has 4 rings (SSSR count). The van der Waals surface area contributed by atoms with Gasteiger partial charge < -0.3 is 10.1 Å². The van der Waals surface area contributed by atoms with Crippen LogP contribution in [0.5, 0.6) is 5.75 Å². The van der Waals surface area contributed by atoms with Crippen molar-refractivity contribution < 1.29 is 17.9 Å². The highest BCUT2D eigenvalue weighted by atomic mass is 32.2. The van der Waals surface area contributed by atoms with E-state index >= 15 is 0 Å². The Morgan fingerprint density at radius 1 is 1.00 bits per heavy atom. The number of sulfonamides is 1. The lowest BCUT2D eigenvalue weighted by molar-refractivity contribution is -0.126. The standard InChI is InChI=1S/C26H35N3O4S/c1-33-24-10-12-25(13-11-24)34(31,32)29-16-6-9-23(20-29)26(30)27-18-21-7-5-8-22(17-21)19-28-14-3-2-4-15-28/h5,7-8,10-13,17,23H,2-4,6,9,14-16,18-20H2,1H3,(H,27,30)/t23-/m1/s1. The molecule has 2 aromatic carbocycles. The first-order valence-corrected chi connectivity index (χ1v) is 13.6. The van der Waals surface area contributed by atoms with Crippen LogP contribution in [0.4, 0.5) is 0 Å². The van der Waals surface area contributed by atoms with Gasteiger partial charge in [-0.25, -0.2) is 8.42 Å². The number of likely N-dealkylation sites (tertiary alicyclic amines) is 1. The number of hydrogen-bond donors (Lipinski definition) is 1. The van der Waals surface area contributed by atoms with Crippen molar-refractivity contribution in [3.63, 3.8) is 0 Å². The first-order valence-electron chi connectivity index (χ1n) is 12.2. The average Bonchev–Trinajstić information content (AvgIpc) is 2.88. The predicted octanol–water partition coefficient (Wildman–Crippen LogP) is 3.40. The second kappa shape index (κ2) is 11.3. The molecule has 0 bridgehead atoms. The molecule has 34 heavy (non-hydrogen) atoms. The van der Waals surface area contributed by atoms with E-state index in [0.717, 1.165) is 25.2 Å². The molecule has 2 aliphatic rings. The van der Waals surface area contributed by atoms with Crippen LogP contribution in [0.25, 0.3) is 0 Å². The molecule has 0 saturated carbocycles. The highest BCUT2D eigenvalue weighted by Gasteiger charge is 2.33. The smallest absolute Gasteiger partial charge is 0.243 e. The molecule has 2 aliphatic heterocycles. The van der Waals surface area contributed by atoms with Crippen LogP contribution in [-0.4, -0.2) is 56.8 Å². The Morgan fingerprint density at radius 3 is 2.47 bits per heavy atom. The summed E-state index contributed by atoms with van der Waals surface area (Å²) in [5, 5.41) is 3.04. The molecule has 0 aliphatic carbocycles. The van der Waals surface area contributed by atoms with Crippen LogP contribution in [0.15, 0.2) is 53.4 Å². The zero-order valence-corrected chi connectivity index (χ0v) is 20.7. The number of methoxy groups -OCH3 is 1. The van der Waals surface area contributed by atoms with Gasteiger partial charge in [0.05, 0.1) is 17.9 Å². The van der Waals surface area contributed by atoms with Gasteiger partial charge in [-0.15, -0.1) is 0 Å². The number of piperidine rings is 2. The van der Waals surface area contributed by atoms with E-state index < -0.39 is 10.0 Å². The third kappa shape index (κ3) is 6.17. The van der Waals surface area contributed by atoms with Crippen LogP contribution in [0.2, 0.25) is 0 Å². The molecule has 184 valence electrons. The summed E-state index contributed by atoms with van der Waals surface area (Å²) in [6.07, 6.45) is 5.21. The Kier molecular flexibility index (Phi) is 8.24. The first kappa shape index (κ1) is 24.7. The van der Waals surface area contributed by atoms with Gasteiger partial charge in [0.1, 0.15) is 5.75 Å². The summed E-state index contributed by atoms with van der Waals surface area (Å²) < 4.78 is 32.7. The van der Waals surface area contributed by atoms with Crippen molar-refractivity contribution in [1.82, 2.24) is 14.5 Å². The first-order chi connectivity index (χ1) is 16.5. The van der Waals surface area contributed by atoms with Crippen molar-refractivity contribution >= 4 is 15.9 Å². The Hall–Kier alpha value is -2.42. The fraction of sp³-hybridized carbons (Fsp3) is 0.500. The quantitative estimate of drug-likeness (QED) is 0.620. The largest absolute Gasteiger partial charge is 0.497 e. The molecule has 8 heteroatoms. The number of hydrogen-bond acceptors (Lipinski definition) is 5. The average molecular weight is 486 g/mol. The Balaban J connectivity index is 1.33. The third-order valence-corrected chi connectivity index (χ3v) is 8.64. The van der Waals surface area contributed by atoms with Crippen LogP contribution >= 0.6 is 0 Å². The summed E-state index contributed by atoms with van der Waals surface area (Å²) in [5.41, 5.74) is 2.34. The van der Waals surface area contributed by atoms with E-state index in [9.17, 15) is 13.2 Å². The monoisotopic (exact) mass is 485 g/mol. The molecule has 0 unspecified atom stereocenters. The minimum absolute atomic E-state index is 0.0870. The van der Waals surface area contributed by atoms with Crippen LogP contribution in [0, 0.1) is 5.92 Å². The van der Waals surface area contributed by atoms with Gasteiger partial charge in [0.15, 0.2) is 0 Å². The summed E-state index contributed by atoms with van der Waals surface area (Å²) >= 11 is 0. The fourth-order valence-corrected chi connectivity index (χ4v) is 6.34. The van der Waals surface area contributed by atoms with Gasteiger partial charge in [0.25, 0.3) is 0 Å². The molecule has 0 spiro atoms. The Labute approximate surface area is 203 Å². The molecule has 1 N–H and O–H groups in total. The topological polar surface area (TPSA) is 79.0 Å². The predicted molar refractivity (Wildman–Crippen MR) is 132 cm³/mol. The Bertz CT molecular complexity index is 1070. The van der Waals surface area contributed by atoms with Crippen LogP contribution < -0.4 is 10.1 Å². The normalized spacial score (nSPS) is 20.1. The maximum absolute atomic E-state index is 13.1. The van der Waals surface area contributed by atoms with Crippen LogP contribution in [0.1, 0.15) is 43.2 Å². The molecular formula is C26H35N3O4S. The maximum Gasteiger partial charge on any atom is 0.243 e. The number of carbonyl (C=O) groups excluding carboxylic acids is 1. The molecule has 2 fully saturated rings. The summed E-state index contributed by atoms with van der Waals surface area (Å²) in [6, 6.07) is 14.8. The van der Waals surface area contributed by atoms with Crippen molar-refractivity contribution in [2.75, 3.05) is 33.3 Å². The van der Waals surface area contributed by atoms with E-state index in [2.05, 4.69) is 22.3 Å². The van der Waals surface area contributed by atoms with Gasteiger partial charge in [-0.05, 0) is 74.2 Å². The zero-order valence-electron chi connectivity index (χ0n) is 19.9. The van der Waals surface area contributed by atoms with Gasteiger partial charge in [-0.2, -0.15) is 4.31 Å². The van der Waals surface area contributed by atoms with Crippen molar-refractivity contribution in [3.05, 3.63) is 59.7 Å². The van der Waals surface area contributed by atoms with Gasteiger partial charge in [0, 0.05) is 26.2 Å². The second-order valence-corrected chi connectivity index (χ2v) is 11.2. The lowest BCUT2D eigenvalue weighted by Crippen LogP contribution is -2.45. The van der Waals surface area contributed by atoms with E-state index in [0.29, 0.717) is 31.7 Å². The molecule has 2 saturated heterocycles. The second-order valence-electron chi connectivity index (χ2n) is 9.25. The van der Waals surface area contributed by atoms with Crippen molar-refractivity contribution in [1.29, 1.82) is 0 Å². The van der Waals surface area contributed by atoms with E-state index in [1.165, 1.54) is 29.1 Å². The highest BCUT2D eigenvalue weighted by molar-refractivity contribution is 7.89. The highest BCUT2D eigenvalue weighted by Crippen LogP contribution is 2.25. The van der Waals surface area contributed by atoms with E-state index in [1.54, 1.807) is 31.4 Å². The number of benzene rings is 2. The van der Waals surface area contributed by atoms with Gasteiger partial charge in [-0.1, -0.05) is 30.7 Å². The minimum atomic E-state index is -3.65. The molecular weight excluding hydrogens is 450 g/mol. The van der Waals surface area contributed by atoms with Crippen LogP contribution in [-0.2, 0) is 27.9 Å². The molecule has 0 aromatic heterocycles. The van der Waals surface area contributed by atoms with E-state index in [4.69, 9.17) is 4.74 Å².